The SMILES string of the molecule is Cc1ccc(S(C)(=O)=O)cc1NC(=O)Cn1c(=O)oc2cc([N+](=O)[O-])ccc21. The van der Waals surface area contributed by atoms with Crippen LogP contribution in [-0.2, 0) is 21.2 Å². The summed E-state index contributed by atoms with van der Waals surface area (Å²) in [4.78, 5) is 34.7. The van der Waals surface area contributed by atoms with E-state index in [1.807, 2.05) is 0 Å². The third kappa shape index (κ3) is 3.78. The lowest BCUT2D eigenvalue weighted by Crippen LogP contribution is -2.25. The number of nitro benzene ring substituents is 1. The second kappa shape index (κ2) is 6.93. The second-order valence-electron chi connectivity index (χ2n) is 6.16. The average Bonchev–Trinajstić information content (AvgIpc) is 2.90. The Morgan fingerprint density at radius 2 is 1.96 bits per heavy atom. The fourth-order valence-electron chi connectivity index (χ4n) is 2.62. The number of carbonyl (C=O) groups excluding carboxylic acids is 1. The molecule has 1 N–H and O–H groups in total. The monoisotopic (exact) mass is 405 g/mol. The third-order valence-electron chi connectivity index (χ3n) is 4.08. The minimum atomic E-state index is -3.45. The summed E-state index contributed by atoms with van der Waals surface area (Å²) in [6.45, 7) is 1.28. The highest BCUT2D eigenvalue weighted by molar-refractivity contribution is 7.90. The van der Waals surface area contributed by atoms with Crippen LogP contribution in [0, 0.1) is 17.0 Å². The molecule has 10 nitrogen and oxygen atoms in total. The van der Waals surface area contributed by atoms with E-state index in [1.165, 1.54) is 24.3 Å². The number of hydrogen-bond donors (Lipinski definition) is 1. The number of aryl methyl sites for hydroxylation is 1. The number of oxazole rings is 1. The molecule has 28 heavy (non-hydrogen) atoms. The third-order valence-corrected chi connectivity index (χ3v) is 5.19. The Morgan fingerprint density at radius 1 is 1.25 bits per heavy atom. The number of anilines is 1. The molecule has 0 aliphatic rings. The van der Waals surface area contributed by atoms with Crippen LogP contribution in [0.3, 0.4) is 0 Å². The number of nitrogens with zero attached hydrogens (tertiary/aromatic N) is 2. The van der Waals surface area contributed by atoms with Gasteiger partial charge < -0.3 is 9.73 Å². The predicted octanol–water partition coefficient (Wildman–Crippen LogP) is 1.85. The number of fused-ring (bicyclic) bond motifs is 1. The van der Waals surface area contributed by atoms with E-state index >= 15 is 0 Å². The standard InChI is InChI=1S/C17H15N3O7S/c1-10-3-5-12(28(2,25)26)8-13(10)18-16(21)9-19-14-6-4-11(20(23)24)7-15(14)27-17(19)22/h3-8H,9H2,1-2H3,(H,18,21). The Kier molecular flexibility index (Phi) is 4.77. The van der Waals surface area contributed by atoms with Crippen LogP contribution in [0.15, 0.2) is 50.5 Å². The first kappa shape index (κ1) is 19.3. The molecule has 0 unspecified atom stereocenters. The molecular formula is C17H15N3O7S. The highest BCUT2D eigenvalue weighted by Gasteiger charge is 2.17. The molecule has 0 aliphatic heterocycles. The quantitative estimate of drug-likeness (QED) is 0.504. The summed E-state index contributed by atoms with van der Waals surface area (Å²) >= 11 is 0. The Hall–Kier alpha value is -3.47. The van der Waals surface area contributed by atoms with Crippen LogP contribution in [0.2, 0.25) is 0 Å². The normalized spacial score (nSPS) is 11.5. The number of carbonyl (C=O) groups is 1. The molecule has 0 fully saturated rings. The van der Waals surface area contributed by atoms with Crippen molar-refractivity contribution in [2.75, 3.05) is 11.6 Å². The lowest BCUT2D eigenvalue weighted by Gasteiger charge is -2.10. The number of non-ortho nitro benzene ring substituents is 1. The van der Waals surface area contributed by atoms with Crippen LogP contribution in [0.25, 0.3) is 11.1 Å². The van der Waals surface area contributed by atoms with Crippen molar-refractivity contribution < 1.29 is 22.6 Å². The van der Waals surface area contributed by atoms with Crippen molar-refractivity contribution in [2.24, 2.45) is 0 Å². The van der Waals surface area contributed by atoms with Gasteiger partial charge in [-0.25, -0.2) is 13.2 Å². The highest BCUT2D eigenvalue weighted by atomic mass is 32.2. The molecule has 0 spiro atoms. The van der Waals surface area contributed by atoms with Crippen molar-refractivity contribution in [3.63, 3.8) is 0 Å². The molecule has 2 aromatic carbocycles. The second-order valence-corrected chi connectivity index (χ2v) is 8.18. The number of sulfone groups is 1. The zero-order chi connectivity index (χ0) is 20.6. The topological polar surface area (TPSA) is 142 Å². The first-order valence-electron chi connectivity index (χ1n) is 7.94. The first-order valence-corrected chi connectivity index (χ1v) is 9.84. The maximum absolute atomic E-state index is 12.4. The van der Waals surface area contributed by atoms with Crippen LogP contribution >= 0.6 is 0 Å². The van der Waals surface area contributed by atoms with Gasteiger partial charge >= 0.3 is 5.76 Å². The maximum atomic E-state index is 12.4. The van der Waals surface area contributed by atoms with Crippen molar-refractivity contribution in [2.45, 2.75) is 18.4 Å². The number of amides is 1. The summed E-state index contributed by atoms with van der Waals surface area (Å²) in [5.74, 6) is -1.43. The summed E-state index contributed by atoms with van der Waals surface area (Å²) in [5.41, 5.74) is 0.908. The van der Waals surface area contributed by atoms with Gasteiger partial charge in [0.2, 0.25) is 5.91 Å². The molecule has 3 rings (SSSR count). The molecule has 146 valence electrons. The molecule has 3 aromatic rings. The number of nitro groups is 1. The van der Waals surface area contributed by atoms with E-state index in [9.17, 15) is 28.1 Å². The summed E-state index contributed by atoms with van der Waals surface area (Å²) in [7, 11) is -3.45. The Morgan fingerprint density at radius 3 is 2.61 bits per heavy atom. The van der Waals surface area contributed by atoms with Gasteiger partial charge in [-0.1, -0.05) is 6.07 Å². The number of aromatic nitrogens is 1. The largest absolute Gasteiger partial charge is 0.420 e. The zero-order valence-corrected chi connectivity index (χ0v) is 15.6. The summed E-state index contributed by atoms with van der Waals surface area (Å²) in [5, 5.41) is 13.4. The lowest BCUT2D eigenvalue weighted by molar-refractivity contribution is -0.384. The molecule has 1 heterocycles. The summed E-state index contributed by atoms with van der Waals surface area (Å²) in [6.07, 6.45) is 1.06. The molecule has 0 saturated heterocycles. The lowest BCUT2D eigenvalue weighted by atomic mass is 10.2. The van der Waals surface area contributed by atoms with Crippen LogP contribution < -0.4 is 11.1 Å². The van der Waals surface area contributed by atoms with Gasteiger partial charge in [0.1, 0.15) is 6.54 Å². The van der Waals surface area contributed by atoms with E-state index in [2.05, 4.69) is 5.32 Å². The van der Waals surface area contributed by atoms with Gasteiger partial charge in [-0.3, -0.25) is 19.5 Å². The smallest absolute Gasteiger partial charge is 0.407 e. The van der Waals surface area contributed by atoms with Gasteiger partial charge in [-0.15, -0.1) is 0 Å². The van der Waals surface area contributed by atoms with Gasteiger partial charge in [0.15, 0.2) is 15.4 Å². The predicted molar refractivity (Wildman–Crippen MR) is 100 cm³/mol. The van der Waals surface area contributed by atoms with Crippen LogP contribution in [0.5, 0.6) is 0 Å². The van der Waals surface area contributed by atoms with Crippen LogP contribution in [0.4, 0.5) is 11.4 Å². The fraction of sp³-hybridized carbons (Fsp3) is 0.176. The Bertz CT molecular complexity index is 1270. The number of rotatable bonds is 5. The average molecular weight is 405 g/mol. The van der Waals surface area contributed by atoms with Crippen molar-refractivity contribution >= 4 is 38.2 Å². The van der Waals surface area contributed by atoms with E-state index in [1.54, 1.807) is 13.0 Å². The Labute approximate surface area is 158 Å². The summed E-state index contributed by atoms with van der Waals surface area (Å²) < 4.78 is 29.4. The van der Waals surface area contributed by atoms with Gasteiger partial charge in [-0.2, -0.15) is 0 Å². The highest BCUT2D eigenvalue weighted by Crippen LogP contribution is 2.22. The fourth-order valence-corrected chi connectivity index (χ4v) is 3.27. The van der Waals surface area contributed by atoms with Gasteiger partial charge in [0, 0.05) is 18.0 Å². The number of hydrogen-bond acceptors (Lipinski definition) is 7. The number of nitrogens with one attached hydrogen (secondary N) is 1. The first-order chi connectivity index (χ1) is 13.1. The minimum absolute atomic E-state index is 0.0118. The van der Waals surface area contributed by atoms with Gasteiger partial charge in [0.05, 0.1) is 21.4 Å². The van der Waals surface area contributed by atoms with Crippen molar-refractivity contribution in [1.29, 1.82) is 0 Å². The molecule has 0 bridgehead atoms. The van der Waals surface area contributed by atoms with Gasteiger partial charge in [0.25, 0.3) is 5.69 Å². The van der Waals surface area contributed by atoms with E-state index in [0.717, 1.165) is 16.9 Å². The zero-order valence-electron chi connectivity index (χ0n) is 14.8. The molecule has 1 amide bonds. The molecular weight excluding hydrogens is 390 g/mol. The molecule has 0 atom stereocenters. The Balaban J connectivity index is 1.89. The van der Waals surface area contributed by atoms with E-state index in [0.29, 0.717) is 11.3 Å². The van der Waals surface area contributed by atoms with Crippen molar-refractivity contribution in [3.8, 4) is 0 Å². The molecule has 0 aliphatic carbocycles. The molecule has 11 heteroatoms. The van der Waals surface area contributed by atoms with Crippen LogP contribution in [-0.4, -0.2) is 30.1 Å². The van der Waals surface area contributed by atoms with Crippen molar-refractivity contribution in [1.82, 2.24) is 4.57 Å². The molecule has 1 aromatic heterocycles. The summed E-state index contributed by atoms with van der Waals surface area (Å²) in [6, 6.07) is 7.95. The van der Waals surface area contributed by atoms with E-state index < -0.39 is 33.0 Å². The van der Waals surface area contributed by atoms with E-state index in [4.69, 9.17) is 4.42 Å². The number of benzene rings is 2. The van der Waals surface area contributed by atoms with E-state index in [-0.39, 0.29) is 21.7 Å². The van der Waals surface area contributed by atoms with Crippen LogP contribution in [0.1, 0.15) is 5.56 Å². The molecule has 0 saturated carbocycles. The minimum Gasteiger partial charge on any atom is -0.407 e. The maximum Gasteiger partial charge on any atom is 0.420 e. The van der Waals surface area contributed by atoms with Gasteiger partial charge in [-0.05, 0) is 30.7 Å². The van der Waals surface area contributed by atoms with Crippen molar-refractivity contribution in [3.05, 3.63) is 62.6 Å². The molecule has 0 radical (unpaired) electrons.